The van der Waals surface area contributed by atoms with Gasteiger partial charge in [0.2, 0.25) is 0 Å². The van der Waals surface area contributed by atoms with Gasteiger partial charge in [-0.1, -0.05) is 78.1 Å². The van der Waals surface area contributed by atoms with Gasteiger partial charge < -0.3 is 0 Å². The van der Waals surface area contributed by atoms with Crippen LogP contribution in [0.5, 0.6) is 0 Å². The van der Waals surface area contributed by atoms with Crippen LogP contribution in [0.25, 0.3) is 0 Å². The second kappa shape index (κ2) is 11.9. The van der Waals surface area contributed by atoms with Gasteiger partial charge >= 0.3 is 0 Å². The van der Waals surface area contributed by atoms with Crippen LogP contribution in [0.4, 0.5) is 0 Å². The SMILES string of the molecule is CCCCCCCC(CCCCCCC)NC1(C#N)CCC1. The minimum atomic E-state index is -0.169. The van der Waals surface area contributed by atoms with Gasteiger partial charge in [-0.15, -0.1) is 0 Å². The maximum atomic E-state index is 9.46. The van der Waals surface area contributed by atoms with Crippen molar-refractivity contribution in [3.63, 3.8) is 0 Å². The number of unbranched alkanes of at least 4 members (excludes halogenated alkanes) is 8. The summed E-state index contributed by atoms with van der Waals surface area (Å²) >= 11 is 0. The maximum absolute atomic E-state index is 9.46. The quantitative estimate of drug-likeness (QED) is 0.393. The fraction of sp³-hybridized carbons (Fsp3) is 0.950. The molecule has 0 amide bonds. The van der Waals surface area contributed by atoms with Gasteiger partial charge in [0.15, 0.2) is 0 Å². The van der Waals surface area contributed by atoms with Crippen LogP contribution in [0, 0.1) is 11.3 Å². The number of nitrogens with one attached hydrogen (secondary N) is 1. The second-order valence-corrected chi connectivity index (χ2v) is 7.29. The van der Waals surface area contributed by atoms with Crippen LogP contribution in [-0.4, -0.2) is 11.6 Å². The zero-order chi connectivity index (χ0) is 16.1. The topological polar surface area (TPSA) is 35.8 Å². The van der Waals surface area contributed by atoms with Crippen molar-refractivity contribution < 1.29 is 0 Å². The fourth-order valence-corrected chi connectivity index (χ4v) is 3.49. The molecule has 1 N–H and O–H groups in total. The molecule has 0 spiro atoms. The Morgan fingerprint density at radius 3 is 1.73 bits per heavy atom. The molecule has 0 unspecified atom stereocenters. The third-order valence-corrected chi connectivity index (χ3v) is 5.21. The van der Waals surface area contributed by atoms with E-state index in [4.69, 9.17) is 0 Å². The molecule has 2 nitrogen and oxygen atoms in total. The van der Waals surface area contributed by atoms with Gasteiger partial charge in [0.1, 0.15) is 5.54 Å². The van der Waals surface area contributed by atoms with Crippen LogP contribution in [0.2, 0.25) is 0 Å². The molecule has 0 heterocycles. The molecule has 1 aliphatic rings. The minimum absolute atomic E-state index is 0.169. The van der Waals surface area contributed by atoms with Gasteiger partial charge in [-0.3, -0.25) is 5.32 Å². The van der Waals surface area contributed by atoms with Crippen LogP contribution >= 0.6 is 0 Å². The number of nitriles is 1. The van der Waals surface area contributed by atoms with Crippen molar-refractivity contribution in [3.05, 3.63) is 0 Å². The Hall–Kier alpha value is -0.550. The smallest absolute Gasteiger partial charge is 0.106 e. The molecular weight excluding hydrogens is 268 g/mol. The lowest BCUT2D eigenvalue weighted by Crippen LogP contribution is -2.54. The molecule has 0 saturated heterocycles. The van der Waals surface area contributed by atoms with Gasteiger partial charge in [0, 0.05) is 6.04 Å². The zero-order valence-electron chi connectivity index (χ0n) is 15.1. The van der Waals surface area contributed by atoms with Gasteiger partial charge in [-0.2, -0.15) is 5.26 Å². The molecule has 0 bridgehead atoms. The van der Waals surface area contributed by atoms with E-state index in [-0.39, 0.29) is 5.54 Å². The van der Waals surface area contributed by atoms with E-state index in [9.17, 15) is 5.26 Å². The number of hydrogen-bond acceptors (Lipinski definition) is 2. The molecule has 0 aliphatic heterocycles. The van der Waals surface area contributed by atoms with Crippen LogP contribution in [-0.2, 0) is 0 Å². The van der Waals surface area contributed by atoms with Crippen molar-refractivity contribution in [1.29, 1.82) is 5.26 Å². The molecule has 0 aromatic carbocycles. The molecule has 1 fully saturated rings. The summed E-state index contributed by atoms with van der Waals surface area (Å²) in [5.41, 5.74) is -0.169. The lowest BCUT2D eigenvalue weighted by atomic mass is 9.77. The fourth-order valence-electron chi connectivity index (χ4n) is 3.49. The Labute approximate surface area is 139 Å². The van der Waals surface area contributed by atoms with Crippen molar-refractivity contribution in [2.75, 3.05) is 0 Å². The van der Waals surface area contributed by atoms with E-state index in [2.05, 4.69) is 25.2 Å². The summed E-state index contributed by atoms with van der Waals surface area (Å²) in [6.45, 7) is 4.54. The molecule has 128 valence electrons. The third-order valence-electron chi connectivity index (χ3n) is 5.21. The summed E-state index contributed by atoms with van der Waals surface area (Å²) in [6, 6.07) is 3.13. The van der Waals surface area contributed by atoms with Crippen LogP contribution in [0.3, 0.4) is 0 Å². The molecular formula is C20H38N2. The van der Waals surface area contributed by atoms with E-state index in [1.807, 2.05) is 0 Å². The van der Waals surface area contributed by atoms with Crippen molar-refractivity contribution >= 4 is 0 Å². The highest BCUT2D eigenvalue weighted by Crippen LogP contribution is 2.32. The molecule has 2 heteroatoms. The standard InChI is InChI=1S/C20H38N2/c1-3-5-7-9-11-14-19(15-12-10-8-6-4-2)22-20(18-21)16-13-17-20/h19,22H,3-17H2,1-2H3. The van der Waals surface area contributed by atoms with E-state index < -0.39 is 0 Å². The monoisotopic (exact) mass is 306 g/mol. The van der Waals surface area contributed by atoms with E-state index in [0.29, 0.717) is 6.04 Å². The first-order valence-electron chi connectivity index (χ1n) is 9.95. The van der Waals surface area contributed by atoms with Gasteiger partial charge in [-0.25, -0.2) is 0 Å². The number of nitrogens with zero attached hydrogens (tertiary/aromatic N) is 1. The largest absolute Gasteiger partial charge is 0.297 e. The number of rotatable bonds is 14. The molecule has 1 aliphatic carbocycles. The van der Waals surface area contributed by atoms with Crippen molar-refractivity contribution in [1.82, 2.24) is 5.32 Å². The molecule has 1 saturated carbocycles. The van der Waals surface area contributed by atoms with Crippen molar-refractivity contribution in [3.8, 4) is 6.07 Å². The lowest BCUT2D eigenvalue weighted by Gasteiger charge is -2.39. The highest BCUT2D eigenvalue weighted by molar-refractivity contribution is 5.13. The zero-order valence-corrected chi connectivity index (χ0v) is 15.1. The highest BCUT2D eigenvalue weighted by Gasteiger charge is 2.38. The summed E-state index contributed by atoms with van der Waals surface area (Å²) in [7, 11) is 0. The van der Waals surface area contributed by atoms with Crippen molar-refractivity contribution in [2.45, 2.75) is 122 Å². The first-order valence-corrected chi connectivity index (χ1v) is 9.95. The summed E-state index contributed by atoms with van der Waals surface area (Å²) < 4.78 is 0. The molecule has 0 aromatic rings. The van der Waals surface area contributed by atoms with E-state index in [1.54, 1.807) is 0 Å². The average Bonchev–Trinajstić information content (AvgIpc) is 2.49. The number of hydrogen-bond donors (Lipinski definition) is 1. The first kappa shape index (κ1) is 19.5. The van der Waals surface area contributed by atoms with Gasteiger partial charge in [0.25, 0.3) is 0 Å². The molecule has 22 heavy (non-hydrogen) atoms. The normalized spacial score (nSPS) is 16.5. The molecule has 0 radical (unpaired) electrons. The summed E-state index contributed by atoms with van der Waals surface area (Å²) in [5.74, 6) is 0. The Bertz CT molecular complexity index is 287. The predicted octanol–water partition coefficient (Wildman–Crippen LogP) is 6.11. The molecule has 0 atom stereocenters. The van der Waals surface area contributed by atoms with E-state index in [0.717, 1.165) is 12.8 Å². The van der Waals surface area contributed by atoms with E-state index in [1.165, 1.54) is 83.5 Å². The molecule has 1 rings (SSSR count). The highest BCUT2D eigenvalue weighted by atomic mass is 15.0. The average molecular weight is 307 g/mol. The summed E-state index contributed by atoms with van der Waals surface area (Å²) in [5, 5.41) is 13.2. The Morgan fingerprint density at radius 2 is 1.36 bits per heavy atom. The Morgan fingerprint density at radius 1 is 0.864 bits per heavy atom. The predicted molar refractivity (Wildman–Crippen MR) is 95.9 cm³/mol. The van der Waals surface area contributed by atoms with Crippen molar-refractivity contribution in [2.24, 2.45) is 0 Å². The first-order chi connectivity index (χ1) is 10.8. The summed E-state index contributed by atoms with van der Waals surface area (Å²) in [6.07, 6.45) is 19.4. The van der Waals surface area contributed by atoms with Crippen LogP contribution in [0.1, 0.15) is 110 Å². The minimum Gasteiger partial charge on any atom is -0.297 e. The van der Waals surface area contributed by atoms with Gasteiger partial charge in [-0.05, 0) is 32.1 Å². The molecule has 0 aromatic heterocycles. The Balaban J connectivity index is 2.27. The second-order valence-electron chi connectivity index (χ2n) is 7.29. The Kier molecular flexibility index (Phi) is 10.6. The lowest BCUT2D eigenvalue weighted by molar-refractivity contribution is 0.213. The maximum Gasteiger partial charge on any atom is 0.106 e. The van der Waals surface area contributed by atoms with Crippen LogP contribution < -0.4 is 5.32 Å². The van der Waals surface area contributed by atoms with E-state index >= 15 is 0 Å². The third kappa shape index (κ3) is 7.63. The van der Waals surface area contributed by atoms with Crippen LogP contribution in [0.15, 0.2) is 0 Å². The van der Waals surface area contributed by atoms with Gasteiger partial charge in [0.05, 0.1) is 6.07 Å². The summed E-state index contributed by atoms with van der Waals surface area (Å²) in [4.78, 5) is 0.